The van der Waals surface area contributed by atoms with E-state index in [-0.39, 0.29) is 20.1 Å². The van der Waals surface area contributed by atoms with E-state index in [0.717, 1.165) is 30.3 Å². The number of halogens is 1. The molecule has 9 nitrogen and oxygen atoms in total. The van der Waals surface area contributed by atoms with Gasteiger partial charge in [0, 0.05) is 17.2 Å². The highest BCUT2D eigenvalue weighted by molar-refractivity contribution is 7.94. The summed E-state index contributed by atoms with van der Waals surface area (Å²) in [7, 11) is -9.25. The normalized spacial score (nSPS) is 11.8. The van der Waals surface area contributed by atoms with Crippen molar-refractivity contribution in [3.05, 3.63) is 94.0 Å². The van der Waals surface area contributed by atoms with Crippen molar-refractivity contribution in [1.82, 2.24) is 0 Å². The van der Waals surface area contributed by atoms with Gasteiger partial charge in [0.05, 0.1) is 20.4 Å². The molecule has 0 saturated heterocycles. The number of nitro benzene ring substituents is 1. The second-order valence-electron chi connectivity index (χ2n) is 5.80. The van der Waals surface area contributed by atoms with Gasteiger partial charge in [-0.05, 0) is 42.5 Å². The van der Waals surface area contributed by atoms with E-state index in [2.05, 4.69) is 0 Å². The molecule has 0 heterocycles. The van der Waals surface area contributed by atoms with Crippen LogP contribution in [0.1, 0.15) is 0 Å². The third-order valence-electron chi connectivity index (χ3n) is 3.78. The lowest BCUT2D eigenvalue weighted by atomic mass is 10.3. The second-order valence-corrected chi connectivity index (χ2v) is 9.52. The van der Waals surface area contributed by atoms with Gasteiger partial charge >= 0.3 is 10.1 Å². The fourth-order valence-electron chi connectivity index (χ4n) is 2.36. The Bertz CT molecular complexity index is 1280. The summed E-state index contributed by atoms with van der Waals surface area (Å²) in [5.74, 6) is 0. The van der Waals surface area contributed by atoms with Gasteiger partial charge in [-0.15, -0.1) is 8.75 Å². The molecule has 0 aliphatic heterocycles. The maximum absolute atomic E-state index is 13.2. The molecule has 0 amide bonds. The summed E-state index contributed by atoms with van der Waals surface area (Å²) in [6.07, 6.45) is 0. The van der Waals surface area contributed by atoms with Crippen molar-refractivity contribution >= 4 is 43.1 Å². The third kappa shape index (κ3) is 4.60. The SMILES string of the molecule is O=[N+]([O-])c1cccc(S(=O)(=O)N(OS(=O)(=O)c2ccc(Cl)cc2)c2ccccc2)c1. The first-order valence-corrected chi connectivity index (χ1v) is 11.4. The molecule has 3 rings (SSSR count). The number of nitro groups is 1. The maximum Gasteiger partial charge on any atom is 0.318 e. The molecule has 0 aliphatic rings. The molecule has 0 aliphatic carbocycles. The van der Waals surface area contributed by atoms with Crippen LogP contribution in [0.25, 0.3) is 0 Å². The van der Waals surface area contributed by atoms with E-state index in [1.807, 2.05) is 0 Å². The van der Waals surface area contributed by atoms with Crippen LogP contribution in [0.4, 0.5) is 11.4 Å². The lowest BCUT2D eigenvalue weighted by Gasteiger charge is -2.22. The van der Waals surface area contributed by atoms with Gasteiger partial charge in [0.15, 0.2) is 0 Å². The zero-order valence-electron chi connectivity index (χ0n) is 15.0. The monoisotopic (exact) mass is 468 g/mol. The topological polar surface area (TPSA) is 124 Å². The van der Waals surface area contributed by atoms with Crippen molar-refractivity contribution < 1.29 is 26.0 Å². The van der Waals surface area contributed by atoms with Gasteiger partial charge in [0.2, 0.25) is 0 Å². The molecule has 0 unspecified atom stereocenters. The van der Waals surface area contributed by atoms with Crippen LogP contribution in [0.5, 0.6) is 0 Å². The summed E-state index contributed by atoms with van der Waals surface area (Å²) in [5.41, 5.74) is -0.605. The van der Waals surface area contributed by atoms with Gasteiger partial charge in [-0.25, -0.2) is 0 Å². The predicted molar refractivity (Wildman–Crippen MR) is 109 cm³/mol. The Morgan fingerprint density at radius 2 is 1.47 bits per heavy atom. The van der Waals surface area contributed by atoms with Crippen molar-refractivity contribution in [2.45, 2.75) is 9.79 Å². The number of para-hydroxylation sites is 1. The molecule has 0 aromatic heterocycles. The van der Waals surface area contributed by atoms with Gasteiger partial charge in [-0.2, -0.15) is 16.8 Å². The Morgan fingerprint density at radius 3 is 2.07 bits per heavy atom. The Balaban J connectivity index is 2.11. The first kappa shape index (κ1) is 21.7. The Morgan fingerprint density at radius 1 is 0.833 bits per heavy atom. The van der Waals surface area contributed by atoms with Gasteiger partial charge < -0.3 is 0 Å². The van der Waals surface area contributed by atoms with E-state index in [9.17, 15) is 26.9 Å². The van der Waals surface area contributed by atoms with Crippen LogP contribution in [0.15, 0.2) is 88.7 Å². The van der Waals surface area contributed by atoms with Crippen molar-refractivity contribution in [1.29, 1.82) is 0 Å². The number of non-ortho nitro benzene ring substituents is 1. The van der Waals surface area contributed by atoms with Crippen LogP contribution >= 0.6 is 11.6 Å². The summed E-state index contributed by atoms with van der Waals surface area (Å²) < 4.78 is 56.9. The molecule has 12 heteroatoms. The Labute approximate surface area is 177 Å². The quantitative estimate of drug-likeness (QED) is 0.382. The van der Waals surface area contributed by atoms with E-state index in [0.29, 0.717) is 0 Å². The van der Waals surface area contributed by atoms with Gasteiger partial charge in [0.25, 0.3) is 15.7 Å². The molecule has 0 atom stereocenters. The average molecular weight is 469 g/mol. The molecule has 0 bridgehead atoms. The van der Waals surface area contributed by atoms with Crippen LogP contribution in [-0.4, -0.2) is 21.8 Å². The van der Waals surface area contributed by atoms with Crippen LogP contribution in [0.2, 0.25) is 5.02 Å². The van der Waals surface area contributed by atoms with Gasteiger partial charge in [-0.1, -0.05) is 35.9 Å². The van der Waals surface area contributed by atoms with Crippen molar-refractivity contribution in [2.24, 2.45) is 0 Å². The molecule has 0 spiro atoms. The van der Waals surface area contributed by atoms with Crippen LogP contribution < -0.4 is 4.47 Å². The van der Waals surface area contributed by atoms with E-state index < -0.39 is 35.6 Å². The van der Waals surface area contributed by atoms with Crippen molar-refractivity contribution in [2.75, 3.05) is 4.47 Å². The average Bonchev–Trinajstić information content (AvgIpc) is 2.73. The molecule has 30 heavy (non-hydrogen) atoms. The minimum atomic E-state index is -4.66. The number of anilines is 1. The highest BCUT2D eigenvalue weighted by Gasteiger charge is 2.33. The van der Waals surface area contributed by atoms with E-state index in [1.54, 1.807) is 6.07 Å². The number of rotatable bonds is 7. The summed E-state index contributed by atoms with van der Waals surface area (Å²) >= 11 is 5.76. The highest BCUT2D eigenvalue weighted by atomic mass is 35.5. The molecule has 3 aromatic carbocycles. The van der Waals surface area contributed by atoms with Crippen molar-refractivity contribution in [3.8, 4) is 0 Å². The lowest BCUT2D eigenvalue weighted by molar-refractivity contribution is -0.385. The molecule has 0 saturated carbocycles. The first-order valence-electron chi connectivity index (χ1n) is 8.16. The summed E-state index contributed by atoms with van der Waals surface area (Å²) in [4.78, 5) is 9.40. The maximum atomic E-state index is 13.2. The number of hydrogen-bond acceptors (Lipinski definition) is 7. The minimum Gasteiger partial charge on any atom is -0.258 e. The summed E-state index contributed by atoms with van der Waals surface area (Å²) in [6.45, 7) is 0. The Hall–Kier alpha value is -2.99. The highest BCUT2D eigenvalue weighted by Crippen LogP contribution is 2.29. The lowest BCUT2D eigenvalue weighted by Crippen LogP contribution is -2.33. The van der Waals surface area contributed by atoms with Gasteiger partial charge in [0.1, 0.15) is 0 Å². The molecular formula is C18H13ClN2O7S2. The number of sulfonamides is 1. The third-order valence-corrected chi connectivity index (χ3v) is 6.89. The molecule has 0 fully saturated rings. The number of hydrogen-bond donors (Lipinski definition) is 0. The van der Waals surface area contributed by atoms with E-state index in [1.165, 1.54) is 42.5 Å². The molecule has 3 aromatic rings. The minimum absolute atomic E-state index is 0.124. The standard InChI is InChI=1S/C18H13ClN2O7S2/c19-14-9-11-17(12-10-14)30(26,27)28-21(15-5-2-1-3-6-15)29(24,25)18-8-4-7-16(13-18)20(22)23/h1-13H. The Kier molecular flexibility index (Phi) is 6.08. The van der Waals surface area contributed by atoms with Gasteiger partial charge in [-0.3, -0.25) is 10.1 Å². The van der Waals surface area contributed by atoms with Crippen molar-refractivity contribution in [3.63, 3.8) is 0 Å². The molecule has 0 N–H and O–H groups in total. The molecular weight excluding hydrogens is 456 g/mol. The first-order chi connectivity index (χ1) is 14.1. The largest absolute Gasteiger partial charge is 0.318 e. The van der Waals surface area contributed by atoms with E-state index in [4.69, 9.17) is 15.9 Å². The van der Waals surface area contributed by atoms with Crippen LogP contribution in [0.3, 0.4) is 0 Å². The second kappa shape index (κ2) is 8.40. The van der Waals surface area contributed by atoms with E-state index >= 15 is 0 Å². The molecule has 0 radical (unpaired) electrons. The smallest absolute Gasteiger partial charge is 0.258 e. The number of nitrogens with zero attached hydrogens (tertiary/aromatic N) is 2. The molecule has 156 valence electrons. The van der Waals surface area contributed by atoms with Crippen LogP contribution in [-0.2, 0) is 24.4 Å². The zero-order chi connectivity index (χ0) is 21.9. The number of benzene rings is 3. The predicted octanol–water partition coefficient (Wildman–Crippen LogP) is 3.76. The zero-order valence-corrected chi connectivity index (χ0v) is 17.3. The summed E-state index contributed by atoms with van der Waals surface area (Å²) in [6, 6.07) is 16.3. The summed E-state index contributed by atoms with van der Waals surface area (Å²) in [5, 5.41) is 11.3. The fraction of sp³-hybridized carbons (Fsp3) is 0. The van der Waals surface area contributed by atoms with Crippen LogP contribution in [0, 0.1) is 10.1 Å². The fourth-order valence-corrected chi connectivity index (χ4v) is 4.98.